The van der Waals surface area contributed by atoms with Crippen molar-refractivity contribution in [2.24, 2.45) is 0 Å². The van der Waals surface area contributed by atoms with Crippen LogP contribution in [0.2, 0.25) is 10.0 Å². The van der Waals surface area contributed by atoms with Crippen LogP contribution in [0.5, 0.6) is 0 Å². The number of halogens is 10. The van der Waals surface area contributed by atoms with Gasteiger partial charge in [0, 0.05) is 55.1 Å². The van der Waals surface area contributed by atoms with Crippen molar-refractivity contribution in [3.05, 3.63) is 177 Å². The van der Waals surface area contributed by atoms with Crippen LogP contribution in [0.3, 0.4) is 0 Å². The zero-order valence-electron chi connectivity index (χ0n) is 40.7. The Morgan fingerprint density at radius 3 is 1.28 bits per heavy atom. The third-order valence-corrected chi connectivity index (χ3v) is 17.2. The topological polar surface area (TPSA) is 217 Å². The lowest BCUT2D eigenvalue weighted by atomic mass is 10.0. The minimum absolute atomic E-state index is 0. The highest BCUT2D eigenvalue weighted by molar-refractivity contribution is 8.13. The Kier molecular flexibility index (Phi) is 20.8. The lowest BCUT2D eigenvalue weighted by molar-refractivity contribution is 0.102. The number of carbonyl (C=O) groups is 2. The first-order valence-electron chi connectivity index (χ1n) is 22.6. The number of hydrogen-bond donors (Lipinski definition) is 1. The average Bonchev–Trinajstić information content (AvgIpc) is 3.39. The molecule has 8 rings (SSSR count). The summed E-state index contributed by atoms with van der Waals surface area (Å²) in [5, 5.41) is 1.06. The molecule has 0 radical (unpaired) electrons. The predicted molar refractivity (Wildman–Crippen MR) is 292 cm³/mol. The average molecular weight is 1220 g/mol. The Morgan fingerprint density at radius 2 is 0.910 bits per heavy atom. The van der Waals surface area contributed by atoms with Crippen LogP contribution < -0.4 is 9.44 Å². The number of carbonyl (C=O) groups excluding carboxylic acids is 2. The summed E-state index contributed by atoms with van der Waals surface area (Å²) in [6.07, 6.45) is 3.53. The summed E-state index contributed by atoms with van der Waals surface area (Å²) in [7, 11) is -7.89. The molecule has 0 saturated carbocycles. The van der Waals surface area contributed by atoms with Crippen LogP contribution in [0, 0.1) is 34.9 Å². The van der Waals surface area contributed by atoms with Crippen LogP contribution in [0.25, 0.3) is 44.6 Å². The third kappa shape index (κ3) is 14.6. The fourth-order valence-electron chi connectivity index (χ4n) is 7.26. The van der Waals surface area contributed by atoms with Crippen LogP contribution in [-0.4, -0.2) is 74.0 Å². The highest BCUT2D eigenvalue weighted by Gasteiger charge is 2.38. The molecule has 2 aromatic heterocycles. The molecular weight excluding hydrogens is 1180 g/mol. The van der Waals surface area contributed by atoms with Gasteiger partial charge in [-0.2, -0.15) is 3.71 Å². The third-order valence-electron chi connectivity index (χ3n) is 10.7. The summed E-state index contributed by atoms with van der Waals surface area (Å²) in [6.45, 7) is 4.65. The standard InChI is InChI=1S/C27H23ClF3N3O5S2.C21H11ClF3N3O.C3H7ClO2S.ClH/c1-3-11-40(36,37)34(41(38,39)12-4-2)23-14-19(29)25(30)24(26(23)31)27(35)17-7-10-20-21(13-17)33-22(15-32-20)16-5-8-18(28)9-6-16;22-12-4-1-10(2-5-12)17-9-27-15-6-3-11(7-16(15)28-17)21(29)18-19(24)13(23)8-14(26)20(18)25;1-2-3-7(4,5)6;/h5-10,13-15H,3-4,11-12H2,1-2H3;1-9H,26H2;2-3H2,1H3;1H. The monoisotopic (exact) mass is 1220 g/mol. The molecule has 412 valence electrons. The molecular formula is C51H42Cl4F6N6O8S3. The molecule has 0 aliphatic rings. The van der Waals surface area contributed by atoms with Crippen molar-refractivity contribution in [3.8, 4) is 22.5 Å². The predicted octanol–water partition coefficient (Wildman–Crippen LogP) is 12.5. The normalized spacial score (nSPS) is 11.5. The number of rotatable bonds is 15. The summed E-state index contributed by atoms with van der Waals surface area (Å²) >= 11 is 11.8. The van der Waals surface area contributed by atoms with Crippen molar-refractivity contribution in [1.82, 2.24) is 19.9 Å². The maximum Gasteiger partial charge on any atom is 0.248 e. The molecule has 2 heterocycles. The van der Waals surface area contributed by atoms with Gasteiger partial charge in [-0.05, 0) is 79.9 Å². The Labute approximate surface area is 464 Å². The fraction of sp³-hybridized carbons (Fsp3) is 0.176. The maximum absolute atomic E-state index is 15.8. The van der Waals surface area contributed by atoms with E-state index < -0.39 is 110 Å². The fourth-order valence-corrected chi connectivity index (χ4v) is 12.5. The summed E-state index contributed by atoms with van der Waals surface area (Å²) < 4.78 is 159. The number of hydrogen-bond acceptors (Lipinski definition) is 13. The molecule has 0 saturated heterocycles. The second-order valence-electron chi connectivity index (χ2n) is 16.5. The summed E-state index contributed by atoms with van der Waals surface area (Å²) in [5.41, 5.74) is 4.07. The highest BCUT2D eigenvalue weighted by atomic mass is 35.7. The first-order valence-corrected chi connectivity index (χ1v) is 29.1. The molecule has 2 N–H and O–H groups in total. The lowest BCUT2D eigenvalue weighted by Gasteiger charge is -2.25. The number of benzene rings is 6. The number of nitrogens with zero attached hydrogens (tertiary/aromatic N) is 5. The van der Waals surface area contributed by atoms with Gasteiger partial charge in [0.15, 0.2) is 46.5 Å². The maximum atomic E-state index is 15.8. The van der Waals surface area contributed by atoms with E-state index in [1.165, 1.54) is 56.4 Å². The summed E-state index contributed by atoms with van der Waals surface area (Å²) in [5.74, 6) is -13.6. The van der Waals surface area contributed by atoms with Gasteiger partial charge in [0.25, 0.3) is 0 Å². The second-order valence-corrected chi connectivity index (χ2v) is 24.4. The molecule has 0 atom stereocenters. The molecule has 0 aliphatic heterocycles. The molecule has 8 aromatic rings. The van der Waals surface area contributed by atoms with Crippen molar-refractivity contribution in [1.29, 1.82) is 0 Å². The van der Waals surface area contributed by atoms with Crippen molar-refractivity contribution < 1.29 is 61.2 Å². The smallest absolute Gasteiger partial charge is 0.248 e. The Morgan fingerprint density at radius 1 is 0.526 bits per heavy atom. The molecule has 0 unspecified atom stereocenters. The van der Waals surface area contributed by atoms with Gasteiger partial charge < -0.3 is 5.73 Å². The Hall–Kier alpha value is -6.47. The summed E-state index contributed by atoms with van der Waals surface area (Å²) in [6, 6.07) is 22.1. The number of nitrogens with two attached hydrogens (primary N) is 1. The molecule has 0 spiro atoms. The van der Waals surface area contributed by atoms with Crippen LogP contribution in [0.4, 0.5) is 37.7 Å². The van der Waals surface area contributed by atoms with Gasteiger partial charge in [-0.25, -0.2) is 61.6 Å². The van der Waals surface area contributed by atoms with E-state index >= 15 is 4.39 Å². The van der Waals surface area contributed by atoms with E-state index in [2.05, 4.69) is 19.9 Å². The van der Waals surface area contributed by atoms with E-state index in [4.69, 9.17) is 39.6 Å². The minimum atomic E-state index is -4.75. The van der Waals surface area contributed by atoms with Gasteiger partial charge in [-0.15, -0.1) is 12.4 Å². The van der Waals surface area contributed by atoms with E-state index in [1.54, 1.807) is 61.7 Å². The number of nitrogen functional groups attached to an aromatic ring is 1. The van der Waals surface area contributed by atoms with Crippen molar-refractivity contribution >= 4 is 120 Å². The Balaban J connectivity index is 0.000000263. The van der Waals surface area contributed by atoms with E-state index in [-0.39, 0.29) is 57.4 Å². The van der Waals surface area contributed by atoms with Gasteiger partial charge >= 0.3 is 0 Å². The summed E-state index contributed by atoms with van der Waals surface area (Å²) in [4.78, 5) is 43.5. The molecule has 27 heteroatoms. The zero-order valence-corrected chi connectivity index (χ0v) is 46.3. The van der Waals surface area contributed by atoms with Gasteiger partial charge in [0.05, 0.1) is 79.9 Å². The molecule has 78 heavy (non-hydrogen) atoms. The van der Waals surface area contributed by atoms with Gasteiger partial charge in [0.1, 0.15) is 5.69 Å². The minimum Gasteiger partial charge on any atom is -0.396 e. The largest absolute Gasteiger partial charge is 0.396 e. The van der Waals surface area contributed by atoms with E-state index in [0.29, 0.717) is 56.0 Å². The number of anilines is 2. The van der Waals surface area contributed by atoms with Gasteiger partial charge in [0.2, 0.25) is 29.1 Å². The second kappa shape index (κ2) is 26.0. The van der Waals surface area contributed by atoms with Crippen LogP contribution >= 0.6 is 46.3 Å². The van der Waals surface area contributed by atoms with Crippen LogP contribution in [-0.2, 0) is 29.1 Å². The first-order chi connectivity index (χ1) is 36.2. The van der Waals surface area contributed by atoms with Gasteiger partial charge in [-0.1, -0.05) is 68.2 Å². The number of aromatic nitrogens is 4. The number of sulfonamides is 2. The zero-order chi connectivity index (χ0) is 56.7. The van der Waals surface area contributed by atoms with E-state index in [1.807, 2.05) is 0 Å². The number of ketones is 2. The van der Waals surface area contributed by atoms with Crippen LogP contribution in [0.15, 0.2) is 109 Å². The molecule has 0 amide bonds. The van der Waals surface area contributed by atoms with Gasteiger partial charge in [-0.3, -0.25) is 19.6 Å². The molecule has 14 nitrogen and oxygen atoms in total. The SMILES string of the molecule is CCCS(=O)(=O)Cl.CCCS(=O)(=O)N(c1cc(F)c(F)c(C(=O)c2ccc3ncc(-c4ccc(Cl)cc4)nc3c2)c1F)S(=O)(=O)CCC.Cl.Nc1cc(F)c(F)c(C(=O)c2ccc3ncc(-c4ccc(Cl)cc4)nc3c2)c1F. The van der Waals surface area contributed by atoms with E-state index in [0.717, 1.165) is 5.56 Å². The molecule has 6 aromatic carbocycles. The van der Waals surface area contributed by atoms with Crippen molar-refractivity contribution in [3.63, 3.8) is 0 Å². The molecule has 0 aliphatic carbocycles. The molecule has 0 bridgehead atoms. The Bertz CT molecular complexity index is 3870. The van der Waals surface area contributed by atoms with Crippen molar-refractivity contribution in [2.75, 3.05) is 26.7 Å². The molecule has 0 fully saturated rings. The van der Waals surface area contributed by atoms with Crippen molar-refractivity contribution in [2.45, 2.75) is 40.0 Å². The highest BCUT2D eigenvalue weighted by Crippen LogP contribution is 2.34. The quantitative estimate of drug-likeness (QED) is 0.0332. The van der Waals surface area contributed by atoms with E-state index in [9.17, 15) is 56.8 Å². The lowest BCUT2D eigenvalue weighted by Crippen LogP contribution is -2.40. The number of fused-ring (bicyclic) bond motifs is 2. The first kappa shape index (κ1) is 62.4. The van der Waals surface area contributed by atoms with Crippen LogP contribution in [0.1, 0.15) is 71.9 Å².